The highest BCUT2D eigenvalue weighted by Gasteiger charge is 2.11. The molecule has 0 saturated heterocycles. The number of carbonyl (C=O) groups is 3. The van der Waals surface area contributed by atoms with Crippen molar-refractivity contribution < 1.29 is 28.6 Å². The second-order valence-electron chi connectivity index (χ2n) is 4.60. The molecule has 0 atom stereocenters. The molecule has 8 heteroatoms. The molecule has 1 aromatic rings. The van der Waals surface area contributed by atoms with Crippen LogP contribution in [-0.4, -0.2) is 44.7 Å². The van der Waals surface area contributed by atoms with Crippen LogP contribution < -0.4 is 20.5 Å². The fourth-order valence-electron chi connectivity index (χ4n) is 1.66. The fraction of sp³-hybridized carbons (Fsp3) is 0.312. The number of primary amides is 1. The molecular formula is C16H20N2O6. The van der Waals surface area contributed by atoms with Gasteiger partial charge in [-0.25, -0.2) is 4.79 Å². The van der Waals surface area contributed by atoms with Gasteiger partial charge in [0, 0.05) is 0 Å². The number of ether oxygens (including phenoxy) is 3. The molecular weight excluding hydrogens is 316 g/mol. The zero-order valence-electron chi connectivity index (χ0n) is 13.5. The summed E-state index contributed by atoms with van der Waals surface area (Å²) in [6, 6.07) is 5.24. The van der Waals surface area contributed by atoms with Crippen LogP contribution in [0.3, 0.4) is 0 Å². The highest BCUT2D eigenvalue weighted by atomic mass is 16.6. The summed E-state index contributed by atoms with van der Waals surface area (Å²) in [4.78, 5) is 33.3. The Kier molecular flexibility index (Phi) is 7.83. The number of hydrogen-bond donors (Lipinski definition) is 2. The van der Waals surface area contributed by atoms with E-state index >= 15 is 0 Å². The van der Waals surface area contributed by atoms with Gasteiger partial charge in [0.15, 0.2) is 24.7 Å². The number of esters is 1. The van der Waals surface area contributed by atoms with Crippen molar-refractivity contribution in [3.8, 4) is 11.5 Å². The van der Waals surface area contributed by atoms with Crippen molar-refractivity contribution in [2.45, 2.75) is 6.92 Å². The number of hydrogen-bond acceptors (Lipinski definition) is 6. The number of amides is 2. The summed E-state index contributed by atoms with van der Waals surface area (Å²) in [6.45, 7) is 0.671. The van der Waals surface area contributed by atoms with Crippen LogP contribution in [0.2, 0.25) is 0 Å². The van der Waals surface area contributed by atoms with Gasteiger partial charge < -0.3 is 25.3 Å². The molecule has 1 aromatic carbocycles. The van der Waals surface area contributed by atoms with Crippen LogP contribution in [0, 0.1) is 0 Å². The van der Waals surface area contributed by atoms with Crippen LogP contribution in [-0.2, 0) is 19.1 Å². The molecule has 3 N–H and O–H groups in total. The normalized spacial score (nSPS) is 10.2. The Morgan fingerprint density at radius 3 is 2.58 bits per heavy atom. The first-order valence-electron chi connectivity index (χ1n) is 7.10. The first kappa shape index (κ1) is 19.0. The third kappa shape index (κ3) is 6.82. The van der Waals surface area contributed by atoms with Crippen LogP contribution in [0.5, 0.6) is 11.5 Å². The number of allylic oxidation sites excluding steroid dienone is 1. The smallest absolute Gasteiger partial charge is 0.344 e. The maximum Gasteiger partial charge on any atom is 0.344 e. The second-order valence-corrected chi connectivity index (χ2v) is 4.60. The monoisotopic (exact) mass is 336 g/mol. The van der Waals surface area contributed by atoms with E-state index in [2.05, 4.69) is 5.32 Å². The van der Waals surface area contributed by atoms with E-state index in [0.717, 1.165) is 5.56 Å². The summed E-state index contributed by atoms with van der Waals surface area (Å²) >= 11 is 0. The van der Waals surface area contributed by atoms with Crippen LogP contribution in [0.15, 0.2) is 24.3 Å². The van der Waals surface area contributed by atoms with Crippen molar-refractivity contribution in [1.29, 1.82) is 0 Å². The lowest BCUT2D eigenvalue weighted by atomic mass is 10.2. The van der Waals surface area contributed by atoms with Gasteiger partial charge in [-0.1, -0.05) is 18.2 Å². The molecule has 0 aliphatic heterocycles. The molecule has 0 bridgehead atoms. The average molecular weight is 336 g/mol. The van der Waals surface area contributed by atoms with Crippen molar-refractivity contribution in [3.05, 3.63) is 29.8 Å². The molecule has 0 aromatic heterocycles. The minimum absolute atomic E-state index is 0.317. The Labute approximate surface area is 139 Å². The Balaban J connectivity index is 2.46. The first-order valence-corrected chi connectivity index (χ1v) is 7.10. The van der Waals surface area contributed by atoms with Crippen LogP contribution in [0.4, 0.5) is 0 Å². The van der Waals surface area contributed by atoms with Gasteiger partial charge in [0.25, 0.3) is 5.91 Å². The van der Waals surface area contributed by atoms with Crippen LogP contribution in [0.1, 0.15) is 12.5 Å². The van der Waals surface area contributed by atoms with Crippen LogP contribution in [0.25, 0.3) is 6.08 Å². The Morgan fingerprint density at radius 2 is 1.96 bits per heavy atom. The number of nitrogens with two attached hydrogens (primary N) is 1. The molecule has 24 heavy (non-hydrogen) atoms. The van der Waals surface area contributed by atoms with E-state index in [1.807, 2.05) is 19.1 Å². The highest BCUT2D eigenvalue weighted by molar-refractivity contribution is 5.85. The van der Waals surface area contributed by atoms with Gasteiger partial charge >= 0.3 is 5.97 Å². The number of carbonyl (C=O) groups excluding carboxylic acids is 3. The molecule has 0 spiro atoms. The maximum atomic E-state index is 11.6. The SMILES string of the molecule is C/C=C/c1ccc(OCC(=O)OCC(=O)NCC(N)=O)c(OC)c1. The van der Waals surface area contributed by atoms with Crippen molar-refractivity contribution >= 4 is 23.9 Å². The summed E-state index contributed by atoms with van der Waals surface area (Å²) in [6.07, 6.45) is 3.78. The number of nitrogens with one attached hydrogen (secondary N) is 1. The first-order chi connectivity index (χ1) is 11.5. The Hall–Kier alpha value is -3.03. The van der Waals surface area contributed by atoms with E-state index in [0.29, 0.717) is 11.5 Å². The van der Waals surface area contributed by atoms with Gasteiger partial charge in [-0.2, -0.15) is 0 Å². The van der Waals surface area contributed by atoms with Crippen molar-refractivity contribution in [2.24, 2.45) is 5.73 Å². The predicted octanol–water partition coefficient (Wildman–Crippen LogP) is 0.252. The summed E-state index contributed by atoms with van der Waals surface area (Å²) in [5.41, 5.74) is 5.79. The van der Waals surface area contributed by atoms with Crippen molar-refractivity contribution in [3.63, 3.8) is 0 Å². The average Bonchev–Trinajstić information content (AvgIpc) is 2.56. The fourth-order valence-corrected chi connectivity index (χ4v) is 1.66. The summed E-state index contributed by atoms with van der Waals surface area (Å²) in [7, 11) is 1.49. The summed E-state index contributed by atoms with van der Waals surface area (Å²) in [5, 5.41) is 2.19. The lowest BCUT2D eigenvalue weighted by molar-refractivity contribution is -0.150. The molecule has 0 saturated carbocycles. The number of methoxy groups -OCH3 is 1. The standard InChI is InChI=1S/C16H20N2O6/c1-3-4-11-5-6-12(13(7-11)22-2)23-10-16(21)24-9-15(20)18-8-14(17)19/h3-7H,8-10H2,1-2H3,(H2,17,19)(H,18,20)/b4-3+. The summed E-state index contributed by atoms with van der Waals surface area (Å²) in [5.74, 6) is -1.20. The van der Waals surface area contributed by atoms with Crippen LogP contribution >= 0.6 is 0 Å². The van der Waals surface area contributed by atoms with E-state index in [9.17, 15) is 14.4 Å². The minimum atomic E-state index is -0.733. The second kappa shape index (κ2) is 9.88. The minimum Gasteiger partial charge on any atom is -0.493 e. The molecule has 0 unspecified atom stereocenters. The van der Waals surface area contributed by atoms with Gasteiger partial charge in [-0.3, -0.25) is 9.59 Å². The Bertz CT molecular complexity index is 627. The topological polar surface area (TPSA) is 117 Å². The maximum absolute atomic E-state index is 11.6. The lowest BCUT2D eigenvalue weighted by Gasteiger charge is -2.11. The molecule has 0 radical (unpaired) electrons. The van der Waals surface area contributed by atoms with Gasteiger partial charge in [-0.05, 0) is 24.6 Å². The zero-order chi connectivity index (χ0) is 17.9. The predicted molar refractivity (Wildman–Crippen MR) is 86.4 cm³/mol. The van der Waals surface area contributed by atoms with E-state index in [1.54, 1.807) is 18.2 Å². The van der Waals surface area contributed by atoms with E-state index in [-0.39, 0.29) is 13.2 Å². The van der Waals surface area contributed by atoms with Crippen molar-refractivity contribution in [2.75, 3.05) is 26.9 Å². The van der Waals surface area contributed by atoms with E-state index in [1.165, 1.54) is 7.11 Å². The molecule has 0 heterocycles. The van der Waals surface area contributed by atoms with Gasteiger partial charge in [0.2, 0.25) is 5.91 Å². The third-order valence-corrected chi connectivity index (χ3v) is 2.72. The lowest BCUT2D eigenvalue weighted by Crippen LogP contribution is -2.36. The van der Waals surface area contributed by atoms with Gasteiger partial charge in [0.1, 0.15) is 0 Å². The molecule has 8 nitrogen and oxygen atoms in total. The molecule has 0 aliphatic rings. The highest BCUT2D eigenvalue weighted by Crippen LogP contribution is 2.28. The molecule has 0 aliphatic carbocycles. The van der Waals surface area contributed by atoms with Gasteiger partial charge in [-0.15, -0.1) is 0 Å². The number of rotatable bonds is 9. The summed E-state index contributed by atoms with van der Waals surface area (Å²) < 4.78 is 15.2. The third-order valence-electron chi connectivity index (χ3n) is 2.72. The quantitative estimate of drug-likeness (QED) is 0.624. The number of benzene rings is 1. The molecule has 2 amide bonds. The van der Waals surface area contributed by atoms with E-state index < -0.39 is 24.4 Å². The van der Waals surface area contributed by atoms with E-state index in [4.69, 9.17) is 19.9 Å². The largest absolute Gasteiger partial charge is 0.493 e. The van der Waals surface area contributed by atoms with Gasteiger partial charge in [0.05, 0.1) is 13.7 Å². The zero-order valence-corrected chi connectivity index (χ0v) is 13.5. The molecule has 130 valence electrons. The molecule has 0 fully saturated rings. The molecule has 1 rings (SSSR count). The van der Waals surface area contributed by atoms with Crippen molar-refractivity contribution in [1.82, 2.24) is 5.32 Å². The Morgan fingerprint density at radius 1 is 1.21 bits per heavy atom.